The number of amides is 1. The lowest BCUT2D eigenvalue weighted by Gasteiger charge is -2.22. The molecule has 0 heterocycles. The van der Waals surface area contributed by atoms with Gasteiger partial charge in [0.2, 0.25) is 5.91 Å². The van der Waals surface area contributed by atoms with Crippen LogP contribution in [0.1, 0.15) is 298 Å². The standard InChI is InChI=1S/C59H114N2O7/c1-6-11-15-19-25-33-41-53(42-34-26-20-16-12-7-2)67-58(65)45-37-29-23-31-39-50-61(52-49-60-57(64)48-47-56(63)55(62)10-5)51-40-32-24-30-38-46-59(66)68-54(43-35-27-21-17-13-8-3)44-36-28-22-18-14-9-4/h47-48,53-56,62-63H,6-46,49-52H2,1-5H3,(H,60,64)/b48-47+. The van der Waals surface area contributed by atoms with Crippen LogP contribution in [0, 0.1) is 0 Å². The first-order valence-electron chi connectivity index (χ1n) is 29.6. The fourth-order valence-corrected chi connectivity index (χ4v) is 9.18. The molecule has 402 valence electrons. The Morgan fingerprint density at radius 1 is 0.441 bits per heavy atom. The molecule has 0 aliphatic heterocycles. The van der Waals surface area contributed by atoms with Gasteiger partial charge in [0.15, 0.2) is 0 Å². The molecule has 0 fully saturated rings. The monoisotopic (exact) mass is 963 g/mol. The van der Waals surface area contributed by atoms with Crippen LogP contribution in [0.3, 0.4) is 0 Å². The van der Waals surface area contributed by atoms with Gasteiger partial charge in [0.1, 0.15) is 12.2 Å². The van der Waals surface area contributed by atoms with E-state index in [0.29, 0.717) is 25.8 Å². The normalized spacial score (nSPS) is 12.7. The van der Waals surface area contributed by atoms with Crippen molar-refractivity contribution in [3.05, 3.63) is 12.2 Å². The fraction of sp³-hybridized carbons (Fsp3) is 0.915. The molecule has 68 heavy (non-hydrogen) atoms. The first kappa shape index (κ1) is 66.0. The summed E-state index contributed by atoms with van der Waals surface area (Å²) in [6, 6.07) is 0. The van der Waals surface area contributed by atoms with Crippen molar-refractivity contribution in [3.63, 3.8) is 0 Å². The topological polar surface area (TPSA) is 125 Å². The van der Waals surface area contributed by atoms with Crippen LogP contribution in [0.2, 0.25) is 0 Å². The maximum absolute atomic E-state index is 12.9. The van der Waals surface area contributed by atoms with Gasteiger partial charge in [-0.25, -0.2) is 0 Å². The molecule has 0 saturated heterocycles. The average Bonchev–Trinajstić information content (AvgIpc) is 3.33. The van der Waals surface area contributed by atoms with Crippen molar-refractivity contribution in [1.29, 1.82) is 0 Å². The van der Waals surface area contributed by atoms with Crippen LogP contribution in [-0.2, 0) is 23.9 Å². The Balaban J connectivity index is 4.84. The summed E-state index contributed by atoms with van der Waals surface area (Å²) in [4.78, 5) is 40.7. The van der Waals surface area contributed by atoms with Crippen molar-refractivity contribution in [3.8, 4) is 0 Å². The van der Waals surface area contributed by atoms with Crippen LogP contribution in [-0.4, -0.2) is 83.6 Å². The third-order valence-corrected chi connectivity index (χ3v) is 13.8. The summed E-state index contributed by atoms with van der Waals surface area (Å²) in [5.41, 5.74) is 0. The van der Waals surface area contributed by atoms with Gasteiger partial charge in [0, 0.05) is 32.0 Å². The predicted octanol–water partition coefficient (Wildman–Crippen LogP) is 15.6. The van der Waals surface area contributed by atoms with E-state index in [1.165, 1.54) is 141 Å². The molecule has 0 bridgehead atoms. The third kappa shape index (κ3) is 45.2. The molecule has 9 heteroatoms. The molecule has 0 rings (SSSR count). The minimum Gasteiger partial charge on any atom is -0.462 e. The van der Waals surface area contributed by atoms with E-state index in [2.05, 4.69) is 37.9 Å². The Kier molecular flexibility index (Phi) is 49.9. The predicted molar refractivity (Wildman–Crippen MR) is 288 cm³/mol. The highest BCUT2D eigenvalue weighted by Gasteiger charge is 2.16. The van der Waals surface area contributed by atoms with E-state index < -0.39 is 12.2 Å². The molecule has 3 N–H and O–H groups in total. The largest absolute Gasteiger partial charge is 0.462 e. The minimum atomic E-state index is -1.05. The van der Waals surface area contributed by atoms with Crippen LogP contribution >= 0.6 is 0 Å². The zero-order valence-electron chi connectivity index (χ0n) is 45.7. The summed E-state index contributed by atoms with van der Waals surface area (Å²) in [7, 11) is 0. The van der Waals surface area contributed by atoms with E-state index in [-0.39, 0.29) is 30.1 Å². The number of hydrogen-bond acceptors (Lipinski definition) is 8. The molecule has 0 aliphatic carbocycles. The first-order valence-corrected chi connectivity index (χ1v) is 29.6. The van der Waals surface area contributed by atoms with Gasteiger partial charge >= 0.3 is 11.9 Å². The smallest absolute Gasteiger partial charge is 0.306 e. The second-order valence-electron chi connectivity index (χ2n) is 20.4. The zero-order chi connectivity index (χ0) is 50.0. The van der Waals surface area contributed by atoms with Gasteiger partial charge in [-0.15, -0.1) is 0 Å². The summed E-state index contributed by atoms with van der Waals surface area (Å²) in [5.74, 6) is -0.300. The van der Waals surface area contributed by atoms with Crippen LogP contribution in [0.15, 0.2) is 12.2 Å². The number of esters is 2. The number of hydrogen-bond donors (Lipinski definition) is 3. The van der Waals surface area contributed by atoms with E-state index in [0.717, 1.165) is 135 Å². The van der Waals surface area contributed by atoms with Crippen molar-refractivity contribution in [2.24, 2.45) is 0 Å². The van der Waals surface area contributed by atoms with Crippen LogP contribution in [0.4, 0.5) is 0 Å². The molecule has 0 aromatic heterocycles. The zero-order valence-corrected chi connectivity index (χ0v) is 45.7. The van der Waals surface area contributed by atoms with E-state index in [1.807, 2.05) is 0 Å². The summed E-state index contributed by atoms with van der Waals surface area (Å²) >= 11 is 0. The average molecular weight is 964 g/mol. The molecule has 2 atom stereocenters. The number of unbranched alkanes of at least 4 members (excludes halogenated alkanes) is 28. The van der Waals surface area contributed by atoms with Crippen molar-refractivity contribution in [1.82, 2.24) is 10.2 Å². The van der Waals surface area contributed by atoms with E-state index >= 15 is 0 Å². The lowest BCUT2D eigenvalue weighted by Crippen LogP contribution is -2.35. The Hall–Kier alpha value is -1.97. The Morgan fingerprint density at radius 3 is 1.12 bits per heavy atom. The molecule has 9 nitrogen and oxygen atoms in total. The van der Waals surface area contributed by atoms with Crippen LogP contribution in [0.25, 0.3) is 0 Å². The Bertz CT molecular complexity index is 1040. The number of nitrogens with zero attached hydrogens (tertiary/aromatic N) is 1. The number of ether oxygens (including phenoxy) is 2. The van der Waals surface area contributed by atoms with Crippen molar-refractivity contribution in [2.75, 3.05) is 26.2 Å². The molecule has 0 saturated carbocycles. The van der Waals surface area contributed by atoms with Crippen LogP contribution < -0.4 is 5.32 Å². The Labute approximate surface area is 421 Å². The number of aliphatic hydroxyl groups is 2. The molecule has 0 spiro atoms. The highest BCUT2D eigenvalue weighted by molar-refractivity contribution is 5.87. The maximum atomic E-state index is 12.9. The van der Waals surface area contributed by atoms with Gasteiger partial charge in [-0.05, 0) is 103 Å². The fourth-order valence-electron chi connectivity index (χ4n) is 9.18. The molecule has 1 amide bonds. The molecular weight excluding hydrogens is 849 g/mol. The van der Waals surface area contributed by atoms with Crippen molar-refractivity contribution >= 4 is 17.8 Å². The van der Waals surface area contributed by atoms with E-state index in [1.54, 1.807) is 6.92 Å². The molecule has 0 aliphatic rings. The summed E-state index contributed by atoms with van der Waals surface area (Å²) in [6.07, 6.45) is 47.0. The maximum Gasteiger partial charge on any atom is 0.306 e. The Morgan fingerprint density at radius 2 is 0.765 bits per heavy atom. The van der Waals surface area contributed by atoms with Gasteiger partial charge < -0.3 is 29.9 Å². The van der Waals surface area contributed by atoms with Crippen LogP contribution in [0.5, 0.6) is 0 Å². The van der Waals surface area contributed by atoms with E-state index in [4.69, 9.17) is 9.47 Å². The summed E-state index contributed by atoms with van der Waals surface area (Å²) < 4.78 is 12.2. The van der Waals surface area contributed by atoms with Gasteiger partial charge in [-0.1, -0.05) is 202 Å². The lowest BCUT2D eigenvalue weighted by atomic mass is 10.0. The molecular formula is C59H114N2O7. The molecule has 0 aromatic rings. The number of carbonyl (C=O) groups is 3. The minimum absolute atomic E-state index is 0.0164. The second kappa shape index (κ2) is 51.4. The van der Waals surface area contributed by atoms with Gasteiger partial charge in [-0.2, -0.15) is 0 Å². The lowest BCUT2D eigenvalue weighted by molar-refractivity contribution is -0.151. The second-order valence-corrected chi connectivity index (χ2v) is 20.4. The SMILES string of the molecule is CCCCCCCCC(CCCCCCCC)OC(=O)CCCCCCCN(CCCCCCCC(=O)OC(CCCCCCCC)CCCCCCCC)CCNC(=O)/C=C/C(O)C(O)CC. The molecule has 0 aromatic carbocycles. The third-order valence-electron chi connectivity index (χ3n) is 13.8. The van der Waals surface area contributed by atoms with Crippen molar-refractivity contribution in [2.45, 2.75) is 322 Å². The molecule has 2 unspecified atom stereocenters. The number of nitrogens with one attached hydrogen (secondary N) is 1. The number of aliphatic hydroxyl groups excluding tert-OH is 2. The summed E-state index contributed by atoms with van der Waals surface area (Å²) in [5, 5.41) is 22.8. The highest BCUT2D eigenvalue weighted by atomic mass is 16.5. The van der Waals surface area contributed by atoms with Gasteiger partial charge in [0.05, 0.1) is 12.2 Å². The van der Waals surface area contributed by atoms with Gasteiger partial charge in [-0.3, -0.25) is 14.4 Å². The molecule has 0 radical (unpaired) electrons. The highest BCUT2D eigenvalue weighted by Crippen LogP contribution is 2.20. The van der Waals surface area contributed by atoms with Crippen molar-refractivity contribution < 1.29 is 34.1 Å². The number of carbonyl (C=O) groups excluding carboxylic acids is 3. The van der Waals surface area contributed by atoms with Gasteiger partial charge in [0.25, 0.3) is 0 Å². The first-order chi connectivity index (χ1) is 33.2. The quantitative estimate of drug-likeness (QED) is 0.0313. The van der Waals surface area contributed by atoms with E-state index in [9.17, 15) is 24.6 Å². The number of rotatable bonds is 53. The summed E-state index contributed by atoms with van der Waals surface area (Å²) in [6.45, 7) is 14.0.